The van der Waals surface area contributed by atoms with Crippen LogP contribution in [0.15, 0.2) is 18.2 Å². The van der Waals surface area contributed by atoms with Crippen LogP contribution in [0.3, 0.4) is 0 Å². The monoisotopic (exact) mass is 287 g/mol. The molecule has 0 aromatic heterocycles. The van der Waals surface area contributed by atoms with Crippen molar-refractivity contribution in [2.45, 2.75) is 25.7 Å². The van der Waals surface area contributed by atoms with E-state index in [9.17, 15) is 9.59 Å². The van der Waals surface area contributed by atoms with Crippen LogP contribution in [0.5, 0.6) is 0 Å². The summed E-state index contributed by atoms with van der Waals surface area (Å²) in [6.07, 6.45) is 3.73. The molecule has 112 valence electrons. The normalized spacial score (nSPS) is 21.3. The van der Waals surface area contributed by atoms with Gasteiger partial charge in [-0.2, -0.15) is 0 Å². The summed E-state index contributed by atoms with van der Waals surface area (Å²) in [6.45, 7) is 2.15. The molecule has 0 saturated carbocycles. The summed E-state index contributed by atoms with van der Waals surface area (Å²) in [4.78, 5) is 25.7. The van der Waals surface area contributed by atoms with Gasteiger partial charge in [0.25, 0.3) is 5.91 Å². The van der Waals surface area contributed by atoms with Gasteiger partial charge in [0.1, 0.15) is 0 Å². The minimum atomic E-state index is -0.304. The summed E-state index contributed by atoms with van der Waals surface area (Å²) in [5.41, 5.74) is 8.42. The number of nitrogens with one attached hydrogen (secondary N) is 1. The maximum atomic E-state index is 12.6. The molecule has 1 unspecified atom stereocenters. The lowest BCUT2D eigenvalue weighted by Gasteiger charge is -2.31. The van der Waals surface area contributed by atoms with Crippen molar-refractivity contribution in [3.05, 3.63) is 29.3 Å². The van der Waals surface area contributed by atoms with Crippen molar-refractivity contribution in [2.24, 2.45) is 11.7 Å². The smallest absolute Gasteiger partial charge is 0.253 e. The molecule has 5 nitrogen and oxygen atoms in total. The highest BCUT2D eigenvalue weighted by atomic mass is 16.2. The Kier molecular flexibility index (Phi) is 3.82. The van der Waals surface area contributed by atoms with Crippen LogP contribution < -0.4 is 11.1 Å². The van der Waals surface area contributed by atoms with Crippen molar-refractivity contribution in [2.75, 3.05) is 25.0 Å². The highest BCUT2D eigenvalue weighted by molar-refractivity contribution is 5.95. The number of primary amides is 1. The first-order chi connectivity index (χ1) is 10.1. The molecule has 0 radical (unpaired) electrons. The lowest BCUT2D eigenvalue weighted by molar-refractivity contribution is -0.123. The standard InChI is InChI=1S/C16H21N3O2/c17-15(20)13-4-2-8-19(10-13)16(21)12-5-6-14-11(9-12)3-1-7-18-14/h5-6,9,13,18H,1-4,7-8,10H2,(H2,17,20). The molecule has 1 atom stereocenters. The summed E-state index contributed by atoms with van der Waals surface area (Å²) in [5, 5.41) is 3.34. The van der Waals surface area contributed by atoms with Gasteiger partial charge in [0.05, 0.1) is 5.92 Å². The van der Waals surface area contributed by atoms with Crippen molar-refractivity contribution in [3.63, 3.8) is 0 Å². The maximum Gasteiger partial charge on any atom is 0.253 e. The molecule has 1 saturated heterocycles. The fraction of sp³-hybridized carbons (Fsp3) is 0.500. The number of nitrogens with two attached hydrogens (primary N) is 1. The number of hydrogen-bond acceptors (Lipinski definition) is 3. The molecule has 5 heteroatoms. The van der Waals surface area contributed by atoms with Gasteiger partial charge in [-0.25, -0.2) is 0 Å². The molecule has 2 aliphatic heterocycles. The van der Waals surface area contributed by atoms with Gasteiger partial charge in [0.15, 0.2) is 0 Å². The Hall–Kier alpha value is -2.04. The minimum Gasteiger partial charge on any atom is -0.385 e. The van der Waals surface area contributed by atoms with Crippen LogP contribution in [0, 0.1) is 5.92 Å². The third-order valence-electron chi connectivity index (χ3n) is 4.40. The SMILES string of the molecule is NC(=O)C1CCCN(C(=O)c2ccc3c(c2)CCCN3)C1. The van der Waals surface area contributed by atoms with Crippen LogP contribution in [0.4, 0.5) is 5.69 Å². The van der Waals surface area contributed by atoms with E-state index in [1.807, 2.05) is 18.2 Å². The average molecular weight is 287 g/mol. The summed E-state index contributed by atoms with van der Waals surface area (Å²) >= 11 is 0. The first-order valence-electron chi connectivity index (χ1n) is 7.60. The van der Waals surface area contributed by atoms with E-state index in [1.54, 1.807) is 4.90 Å². The number of piperidine rings is 1. The number of aryl methyl sites for hydroxylation is 1. The van der Waals surface area contributed by atoms with Crippen LogP contribution in [-0.2, 0) is 11.2 Å². The van der Waals surface area contributed by atoms with Gasteiger partial charge in [-0.05, 0) is 49.4 Å². The zero-order valence-electron chi connectivity index (χ0n) is 12.1. The molecule has 3 N–H and O–H groups in total. The van der Waals surface area contributed by atoms with Crippen LogP contribution >= 0.6 is 0 Å². The van der Waals surface area contributed by atoms with E-state index in [0.29, 0.717) is 18.7 Å². The van der Waals surface area contributed by atoms with Crippen LogP contribution in [0.1, 0.15) is 35.2 Å². The maximum absolute atomic E-state index is 12.6. The molecule has 2 heterocycles. The second-order valence-electron chi connectivity index (χ2n) is 5.89. The number of amides is 2. The summed E-state index contributed by atoms with van der Waals surface area (Å²) < 4.78 is 0. The van der Waals surface area contributed by atoms with Gasteiger partial charge in [-0.15, -0.1) is 0 Å². The first kappa shape index (κ1) is 13.9. The lowest BCUT2D eigenvalue weighted by Crippen LogP contribution is -2.44. The molecular weight excluding hydrogens is 266 g/mol. The number of rotatable bonds is 2. The fourth-order valence-corrected chi connectivity index (χ4v) is 3.18. The van der Waals surface area contributed by atoms with E-state index in [4.69, 9.17) is 5.73 Å². The van der Waals surface area contributed by atoms with Crippen molar-refractivity contribution in [1.29, 1.82) is 0 Å². The number of anilines is 1. The third kappa shape index (κ3) is 2.86. The lowest BCUT2D eigenvalue weighted by atomic mass is 9.96. The summed E-state index contributed by atoms with van der Waals surface area (Å²) in [6, 6.07) is 5.84. The van der Waals surface area contributed by atoms with Crippen molar-refractivity contribution >= 4 is 17.5 Å². The molecule has 1 aromatic carbocycles. The molecule has 0 bridgehead atoms. The van der Waals surface area contributed by atoms with Crippen molar-refractivity contribution in [1.82, 2.24) is 4.90 Å². The minimum absolute atomic E-state index is 0.00863. The first-order valence-corrected chi connectivity index (χ1v) is 7.60. The molecule has 1 fully saturated rings. The topological polar surface area (TPSA) is 75.4 Å². The molecule has 1 aromatic rings. The number of carbonyl (C=O) groups is 2. The Bertz CT molecular complexity index is 571. The second kappa shape index (κ2) is 5.76. The van der Waals surface area contributed by atoms with E-state index in [-0.39, 0.29) is 17.7 Å². The highest BCUT2D eigenvalue weighted by Crippen LogP contribution is 2.25. The van der Waals surface area contributed by atoms with Crippen LogP contribution in [0.2, 0.25) is 0 Å². The number of carbonyl (C=O) groups excluding carboxylic acids is 2. The zero-order valence-corrected chi connectivity index (χ0v) is 12.1. The molecule has 0 aliphatic carbocycles. The molecule has 0 spiro atoms. The largest absolute Gasteiger partial charge is 0.385 e. The molecule has 2 aliphatic rings. The Balaban J connectivity index is 1.77. The molecular formula is C16H21N3O2. The summed E-state index contributed by atoms with van der Waals surface area (Å²) in [5.74, 6) is -0.501. The van der Waals surface area contributed by atoms with Gasteiger partial charge in [-0.3, -0.25) is 9.59 Å². The number of nitrogens with zero attached hydrogens (tertiary/aromatic N) is 1. The quantitative estimate of drug-likeness (QED) is 0.863. The Morgan fingerprint density at radius 3 is 2.95 bits per heavy atom. The zero-order chi connectivity index (χ0) is 14.8. The van der Waals surface area contributed by atoms with E-state index in [0.717, 1.165) is 37.9 Å². The van der Waals surface area contributed by atoms with Gasteiger partial charge >= 0.3 is 0 Å². The number of likely N-dealkylation sites (tertiary alicyclic amines) is 1. The predicted molar refractivity (Wildman–Crippen MR) is 81.1 cm³/mol. The highest BCUT2D eigenvalue weighted by Gasteiger charge is 2.27. The molecule has 3 rings (SSSR count). The van der Waals surface area contributed by atoms with Crippen LogP contribution in [-0.4, -0.2) is 36.3 Å². The Labute approximate surface area is 124 Å². The molecule has 2 amide bonds. The Morgan fingerprint density at radius 2 is 2.14 bits per heavy atom. The van der Waals surface area contributed by atoms with Gasteiger partial charge in [-0.1, -0.05) is 0 Å². The average Bonchev–Trinajstić information content (AvgIpc) is 2.53. The van der Waals surface area contributed by atoms with Crippen LogP contribution in [0.25, 0.3) is 0 Å². The van der Waals surface area contributed by atoms with Gasteiger partial charge < -0.3 is 16.0 Å². The third-order valence-corrected chi connectivity index (χ3v) is 4.40. The fourth-order valence-electron chi connectivity index (χ4n) is 3.18. The van der Waals surface area contributed by atoms with E-state index in [1.165, 1.54) is 5.56 Å². The predicted octanol–water partition coefficient (Wildman–Crippen LogP) is 1.38. The number of hydrogen-bond donors (Lipinski definition) is 2. The second-order valence-corrected chi connectivity index (χ2v) is 5.89. The van der Waals surface area contributed by atoms with Crippen molar-refractivity contribution < 1.29 is 9.59 Å². The van der Waals surface area contributed by atoms with E-state index in [2.05, 4.69) is 5.32 Å². The van der Waals surface area contributed by atoms with Crippen molar-refractivity contribution in [3.8, 4) is 0 Å². The van der Waals surface area contributed by atoms with E-state index >= 15 is 0 Å². The summed E-state index contributed by atoms with van der Waals surface area (Å²) in [7, 11) is 0. The van der Waals surface area contributed by atoms with E-state index < -0.39 is 0 Å². The van der Waals surface area contributed by atoms with Gasteiger partial charge in [0.2, 0.25) is 5.91 Å². The number of fused-ring (bicyclic) bond motifs is 1. The van der Waals surface area contributed by atoms with Gasteiger partial charge in [0, 0.05) is 30.9 Å². The number of benzene rings is 1. The Morgan fingerprint density at radius 1 is 1.29 bits per heavy atom. The molecule has 21 heavy (non-hydrogen) atoms.